The molecule has 2 aliphatic rings. The summed E-state index contributed by atoms with van der Waals surface area (Å²) in [6, 6.07) is 1.93. The van der Waals surface area contributed by atoms with Gasteiger partial charge in [-0.15, -0.1) is 11.3 Å². The molecule has 0 radical (unpaired) electrons. The zero-order chi connectivity index (χ0) is 17.5. The lowest BCUT2D eigenvalue weighted by molar-refractivity contribution is -0.145. The number of aryl methyl sites for hydroxylation is 1. The van der Waals surface area contributed by atoms with E-state index in [0.717, 1.165) is 6.42 Å². The number of rotatable bonds is 3. The fourth-order valence-corrected chi connectivity index (χ4v) is 4.75. The number of carboxylic acids is 1. The number of thiophene rings is 1. The molecule has 0 aromatic carbocycles. The molecule has 1 aromatic rings. The van der Waals surface area contributed by atoms with Crippen molar-refractivity contribution in [2.45, 2.75) is 38.1 Å². The number of hydrogen-bond acceptors (Lipinski definition) is 4. The van der Waals surface area contributed by atoms with E-state index in [1.807, 2.05) is 11.4 Å². The third-order valence-corrected chi connectivity index (χ3v) is 6.61. The first kappa shape index (κ1) is 17.0. The van der Waals surface area contributed by atoms with Crippen LogP contribution in [0.5, 0.6) is 0 Å². The molecule has 3 rings (SSSR count). The molecule has 0 saturated carbocycles. The number of piperidine rings is 1. The first-order valence-corrected chi connectivity index (χ1v) is 9.13. The number of amides is 2. The zero-order valence-corrected chi connectivity index (χ0v) is 14.8. The number of carboxylic acid groups (broad SMARTS) is 1. The predicted octanol–water partition coefficient (Wildman–Crippen LogP) is 1.85. The van der Waals surface area contributed by atoms with E-state index >= 15 is 0 Å². The molecule has 2 amide bonds. The van der Waals surface area contributed by atoms with E-state index in [1.165, 1.54) is 4.88 Å². The Morgan fingerprint density at radius 2 is 2.04 bits per heavy atom. The van der Waals surface area contributed by atoms with Gasteiger partial charge in [0.05, 0.1) is 17.0 Å². The summed E-state index contributed by atoms with van der Waals surface area (Å²) in [5, 5.41) is 11.4. The van der Waals surface area contributed by atoms with E-state index in [4.69, 9.17) is 0 Å². The minimum Gasteiger partial charge on any atom is -0.481 e. The minimum absolute atomic E-state index is 0.000323. The van der Waals surface area contributed by atoms with Gasteiger partial charge in [0.25, 0.3) is 5.91 Å². The van der Waals surface area contributed by atoms with Gasteiger partial charge in [0.2, 0.25) is 5.91 Å². The van der Waals surface area contributed by atoms with Gasteiger partial charge >= 0.3 is 5.97 Å². The lowest BCUT2D eigenvalue weighted by Gasteiger charge is -2.45. The van der Waals surface area contributed by atoms with Gasteiger partial charge < -0.3 is 14.9 Å². The minimum atomic E-state index is -0.919. The second-order valence-corrected chi connectivity index (χ2v) is 7.59. The summed E-state index contributed by atoms with van der Waals surface area (Å²) in [4.78, 5) is 40.8. The van der Waals surface area contributed by atoms with E-state index in [2.05, 4.69) is 6.92 Å². The Morgan fingerprint density at radius 1 is 1.38 bits per heavy atom. The monoisotopic (exact) mass is 350 g/mol. The fourth-order valence-electron chi connectivity index (χ4n) is 3.94. The first-order chi connectivity index (χ1) is 11.4. The Kier molecular flexibility index (Phi) is 4.38. The van der Waals surface area contributed by atoms with Crippen molar-refractivity contribution in [1.82, 2.24) is 9.80 Å². The predicted molar refractivity (Wildman–Crippen MR) is 90.1 cm³/mol. The van der Waals surface area contributed by atoms with Gasteiger partial charge in [-0.3, -0.25) is 14.4 Å². The second kappa shape index (κ2) is 6.20. The highest BCUT2D eigenvalue weighted by atomic mass is 32.1. The van der Waals surface area contributed by atoms with Gasteiger partial charge in [0.15, 0.2) is 0 Å². The van der Waals surface area contributed by atoms with Crippen LogP contribution in [0.1, 0.15) is 41.4 Å². The smallest absolute Gasteiger partial charge is 0.309 e. The summed E-state index contributed by atoms with van der Waals surface area (Å²) < 4.78 is 0. The maximum atomic E-state index is 12.6. The van der Waals surface area contributed by atoms with E-state index in [-0.39, 0.29) is 18.2 Å². The Hall–Kier alpha value is -1.89. The SMILES string of the molecule is CCc1cc(C(=O)N2CCC3(CC2)[C@H](C(=O)O)CC(=O)N3C)cs1. The first-order valence-electron chi connectivity index (χ1n) is 8.25. The van der Waals surface area contributed by atoms with Gasteiger partial charge in [-0.2, -0.15) is 0 Å². The average molecular weight is 350 g/mol. The Balaban J connectivity index is 1.74. The summed E-state index contributed by atoms with van der Waals surface area (Å²) in [6.07, 6.45) is 2.00. The van der Waals surface area contributed by atoms with Crippen LogP contribution in [0.2, 0.25) is 0 Å². The molecule has 130 valence electrons. The van der Waals surface area contributed by atoms with Crippen molar-refractivity contribution in [2.75, 3.05) is 20.1 Å². The van der Waals surface area contributed by atoms with Gasteiger partial charge in [-0.1, -0.05) is 6.92 Å². The number of hydrogen-bond donors (Lipinski definition) is 1. The van der Waals surface area contributed by atoms with Crippen LogP contribution in [-0.2, 0) is 16.0 Å². The van der Waals surface area contributed by atoms with E-state index in [0.29, 0.717) is 31.5 Å². The van der Waals surface area contributed by atoms with E-state index in [1.54, 1.807) is 28.2 Å². The summed E-state index contributed by atoms with van der Waals surface area (Å²) >= 11 is 1.59. The third-order valence-electron chi connectivity index (χ3n) is 5.53. The Bertz CT molecular complexity index is 676. The molecule has 7 heteroatoms. The number of carbonyl (C=O) groups excluding carboxylic acids is 2. The molecule has 24 heavy (non-hydrogen) atoms. The van der Waals surface area contributed by atoms with Crippen molar-refractivity contribution >= 4 is 29.1 Å². The van der Waals surface area contributed by atoms with Gasteiger partial charge in [0.1, 0.15) is 0 Å². The molecule has 2 aliphatic heterocycles. The van der Waals surface area contributed by atoms with Crippen molar-refractivity contribution in [1.29, 1.82) is 0 Å². The maximum absolute atomic E-state index is 12.6. The van der Waals surface area contributed by atoms with Gasteiger partial charge in [-0.25, -0.2) is 0 Å². The maximum Gasteiger partial charge on any atom is 0.309 e. The number of likely N-dealkylation sites (tertiary alicyclic amines) is 2. The van der Waals surface area contributed by atoms with Crippen LogP contribution >= 0.6 is 11.3 Å². The number of nitrogens with zero attached hydrogens (tertiary/aromatic N) is 2. The highest BCUT2D eigenvalue weighted by Gasteiger charge is 2.55. The fraction of sp³-hybridized carbons (Fsp3) is 0.588. The van der Waals surface area contributed by atoms with Crippen LogP contribution in [0.3, 0.4) is 0 Å². The lowest BCUT2D eigenvalue weighted by atomic mass is 9.77. The summed E-state index contributed by atoms with van der Waals surface area (Å²) in [6.45, 7) is 3.03. The zero-order valence-electron chi connectivity index (χ0n) is 13.9. The lowest BCUT2D eigenvalue weighted by Crippen LogP contribution is -2.56. The molecule has 1 spiro atoms. The van der Waals surface area contributed by atoms with Crippen molar-refractivity contribution in [3.63, 3.8) is 0 Å². The van der Waals surface area contributed by atoms with Crippen LogP contribution in [0.25, 0.3) is 0 Å². The molecule has 2 saturated heterocycles. The molecule has 0 bridgehead atoms. The van der Waals surface area contributed by atoms with Gasteiger partial charge in [-0.05, 0) is 25.3 Å². The Morgan fingerprint density at radius 3 is 2.58 bits per heavy atom. The average Bonchev–Trinajstić information content (AvgIpc) is 3.15. The third kappa shape index (κ3) is 2.60. The topological polar surface area (TPSA) is 77.9 Å². The normalized spacial score (nSPS) is 23.1. The molecule has 0 aliphatic carbocycles. The summed E-state index contributed by atoms with van der Waals surface area (Å²) in [5.74, 6) is -1.72. The van der Waals surface area contributed by atoms with E-state index < -0.39 is 17.4 Å². The second-order valence-electron chi connectivity index (χ2n) is 6.60. The molecule has 1 atom stereocenters. The molecular formula is C17H22N2O4S. The standard InChI is InChI=1S/C17H22N2O4S/c1-3-12-8-11(10-24-12)15(21)19-6-4-17(5-7-19)13(16(22)23)9-14(20)18(17)2/h8,10,13H,3-7,9H2,1-2H3,(H,22,23)/t13-/m0/s1. The van der Waals surface area contributed by atoms with Crippen LogP contribution in [0.4, 0.5) is 0 Å². The number of carbonyl (C=O) groups is 3. The quantitative estimate of drug-likeness (QED) is 0.902. The molecule has 1 aromatic heterocycles. The number of aliphatic carboxylic acids is 1. The molecular weight excluding hydrogens is 328 g/mol. The van der Waals surface area contributed by atoms with Crippen molar-refractivity contribution < 1.29 is 19.5 Å². The Labute approximate surface area is 145 Å². The van der Waals surface area contributed by atoms with Crippen molar-refractivity contribution in [3.8, 4) is 0 Å². The molecule has 3 heterocycles. The van der Waals surface area contributed by atoms with Crippen molar-refractivity contribution in [3.05, 3.63) is 21.9 Å². The van der Waals surface area contributed by atoms with Crippen molar-refractivity contribution in [2.24, 2.45) is 5.92 Å². The van der Waals surface area contributed by atoms with Gasteiger partial charge in [0, 0.05) is 36.8 Å². The highest BCUT2D eigenvalue weighted by Crippen LogP contribution is 2.43. The van der Waals surface area contributed by atoms with Crippen LogP contribution < -0.4 is 0 Å². The van der Waals surface area contributed by atoms with Crippen LogP contribution in [0, 0.1) is 5.92 Å². The molecule has 0 unspecified atom stereocenters. The molecule has 2 fully saturated rings. The molecule has 1 N–H and O–H groups in total. The summed E-state index contributed by atoms with van der Waals surface area (Å²) in [7, 11) is 1.69. The largest absolute Gasteiger partial charge is 0.481 e. The van der Waals surface area contributed by atoms with Crippen LogP contribution in [0.15, 0.2) is 11.4 Å². The summed E-state index contributed by atoms with van der Waals surface area (Å²) in [5.41, 5.74) is 0.0570. The van der Waals surface area contributed by atoms with E-state index in [9.17, 15) is 19.5 Å². The molecule has 6 nitrogen and oxygen atoms in total. The highest BCUT2D eigenvalue weighted by molar-refractivity contribution is 7.10. The van der Waals surface area contributed by atoms with Crippen LogP contribution in [-0.4, -0.2) is 58.4 Å².